The molecule has 0 amide bonds. The van der Waals surface area contributed by atoms with Crippen LogP contribution in [-0.4, -0.2) is 20.3 Å². The van der Waals surface area contributed by atoms with Crippen LogP contribution in [0, 0.1) is 6.92 Å². The van der Waals surface area contributed by atoms with E-state index in [1.807, 2.05) is 13.0 Å². The molecule has 0 aliphatic heterocycles. The summed E-state index contributed by atoms with van der Waals surface area (Å²) in [6.07, 6.45) is 6.61. The molecule has 0 bridgehead atoms. The molecule has 4 nitrogen and oxygen atoms in total. The summed E-state index contributed by atoms with van der Waals surface area (Å²) in [6.45, 7) is 1.89. The topological polar surface area (TPSA) is 47.8 Å². The Morgan fingerprint density at radius 1 is 1.40 bits per heavy atom. The molecule has 0 N–H and O–H groups in total. The van der Waals surface area contributed by atoms with E-state index in [4.69, 9.17) is 0 Å². The van der Waals surface area contributed by atoms with E-state index in [0.29, 0.717) is 11.4 Å². The lowest BCUT2D eigenvalue weighted by Crippen LogP contribution is -2.10. The first-order valence-electron chi connectivity index (χ1n) is 4.63. The van der Waals surface area contributed by atoms with E-state index in [9.17, 15) is 4.79 Å². The highest BCUT2D eigenvalue weighted by molar-refractivity contribution is 6.07. The molecular weight excluding hydrogens is 190 g/mol. The Bertz CT molecular complexity index is 502. The van der Waals surface area contributed by atoms with Gasteiger partial charge in [-0.2, -0.15) is 0 Å². The lowest BCUT2D eigenvalue weighted by Gasteiger charge is -2.03. The van der Waals surface area contributed by atoms with Crippen molar-refractivity contribution in [1.82, 2.24) is 14.5 Å². The highest BCUT2D eigenvalue weighted by Gasteiger charge is 2.15. The van der Waals surface area contributed by atoms with E-state index in [1.54, 1.807) is 36.4 Å². The van der Waals surface area contributed by atoms with E-state index >= 15 is 0 Å². The summed E-state index contributed by atoms with van der Waals surface area (Å²) in [7, 11) is 1.80. The van der Waals surface area contributed by atoms with Crippen LogP contribution in [0.5, 0.6) is 0 Å². The summed E-state index contributed by atoms with van der Waals surface area (Å²) in [4.78, 5) is 20.0. The van der Waals surface area contributed by atoms with E-state index in [-0.39, 0.29) is 5.78 Å². The molecule has 2 rings (SSSR count). The van der Waals surface area contributed by atoms with Gasteiger partial charge in [-0.1, -0.05) is 0 Å². The predicted octanol–water partition coefficient (Wildman–Crippen LogP) is 1.35. The maximum atomic E-state index is 12.0. The number of imidazole rings is 1. The molecule has 0 fully saturated rings. The van der Waals surface area contributed by atoms with Crippen LogP contribution >= 0.6 is 0 Å². The molecular formula is C11H11N3O. The van der Waals surface area contributed by atoms with Crippen LogP contribution in [0.2, 0.25) is 0 Å². The smallest absolute Gasteiger partial charge is 0.230 e. The van der Waals surface area contributed by atoms with Crippen molar-refractivity contribution < 1.29 is 4.79 Å². The van der Waals surface area contributed by atoms with Crippen LogP contribution in [0.4, 0.5) is 0 Å². The number of nitrogens with zero attached hydrogens (tertiary/aromatic N) is 3. The maximum Gasteiger partial charge on any atom is 0.230 e. The zero-order valence-electron chi connectivity index (χ0n) is 8.64. The average molecular weight is 201 g/mol. The monoisotopic (exact) mass is 201 g/mol. The third-order valence-electron chi connectivity index (χ3n) is 2.31. The van der Waals surface area contributed by atoms with Gasteiger partial charge in [0.1, 0.15) is 0 Å². The van der Waals surface area contributed by atoms with Crippen LogP contribution in [-0.2, 0) is 7.05 Å². The Kier molecular flexibility index (Phi) is 2.33. The van der Waals surface area contributed by atoms with Gasteiger partial charge in [-0.05, 0) is 18.6 Å². The Hall–Kier alpha value is -1.97. The van der Waals surface area contributed by atoms with E-state index in [1.165, 1.54) is 0 Å². The van der Waals surface area contributed by atoms with Gasteiger partial charge in [0.2, 0.25) is 5.78 Å². The molecule has 15 heavy (non-hydrogen) atoms. The quantitative estimate of drug-likeness (QED) is 0.689. The van der Waals surface area contributed by atoms with Crippen molar-refractivity contribution in [2.75, 3.05) is 0 Å². The summed E-state index contributed by atoms with van der Waals surface area (Å²) in [5.74, 6) is 0.346. The number of carbonyl (C=O) groups is 1. The number of ketones is 1. The first-order valence-corrected chi connectivity index (χ1v) is 4.63. The molecule has 0 unspecified atom stereocenters. The number of aromatic nitrogens is 3. The lowest BCUT2D eigenvalue weighted by atomic mass is 10.1. The standard InChI is InChI=1S/C11H11N3O/c1-8-3-4-12-7-9(8)10(15)11-13-5-6-14(11)2/h3-7H,1-2H3. The molecule has 2 heterocycles. The molecule has 2 aromatic rings. The second kappa shape index (κ2) is 3.65. The summed E-state index contributed by atoms with van der Waals surface area (Å²) in [6, 6.07) is 1.82. The van der Waals surface area contributed by atoms with Crippen molar-refractivity contribution >= 4 is 5.78 Å². The summed E-state index contributed by atoms with van der Waals surface area (Å²) >= 11 is 0. The third-order valence-corrected chi connectivity index (χ3v) is 2.31. The third kappa shape index (κ3) is 1.66. The van der Waals surface area contributed by atoms with Crippen LogP contribution in [0.3, 0.4) is 0 Å². The average Bonchev–Trinajstić information content (AvgIpc) is 2.64. The molecule has 0 aromatic carbocycles. The Labute approximate surface area is 87.6 Å². The van der Waals surface area contributed by atoms with Gasteiger partial charge >= 0.3 is 0 Å². The molecule has 0 atom stereocenters. The van der Waals surface area contributed by atoms with Crippen molar-refractivity contribution in [2.45, 2.75) is 6.92 Å². The number of carbonyl (C=O) groups excluding carboxylic acids is 1. The summed E-state index contributed by atoms with van der Waals surface area (Å²) < 4.78 is 1.70. The van der Waals surface area contributed by atoms with Crippen LogP contribution < -0.4 is 0 Å². The van der Waals surface area contributed by atoms with Crippen molar-refractivity contribution in [2.24, 2.45) is 7.05 Å². The van der Waals surface area contributed by atoms with Gasteiger partial charge in [0.05, 0.1) is 0 Å². The minimum atomic E-state index is -0.0897. The largest absolute Gasteiger partial charge is 0.331 e. The SMILES string of the molecule is Cc1ccncc1C(=O)c1nccn1C. The summed E-state index contributed by atoms with van der Waals surface area (Å²) in [5.41, 5.74) is 1.52. The van der Waals surface area contributed by atoms with Gasteiger partial charge in [0, 0.05) is 37.4 Å². The molecule has 0 radical (unpaired) electrons. The highest BCUT2D eigenvalue weighted by Crippen LogP contribution is 2.10. The van der Waals surface area contributed by atoms with Crippen molar-refractivity contribution in [3.8, 4) is 0 Å². The molecule has 2 aromatic heterocycles. The number of rotatable bonds is 2. The van der Waals surface area contributed by atoms with Crippen LogP contribution in [0.25, 0.3) is 0 Å². The molecule has 76 valence electrons. The Morgan fingerprint density at radius 3 is 2.80 bits per heavy atom. The maximum absolute atomic E-state index is 12.0. The van der Waals surface area contributed by atoms with Gasteiger partial charge in [-0.3, -0.25) is 9.78 Å². The van der Waals surface area contributed by atoms with E-state index in [2.05, 4.69) is 9.97 Å². The first-order chi connectivity index (χ1) is 7.20. The Balaban J connectivity index is 2.46. The molecule has 0 saturated carbocycles. The second-order valence-corrected chi connectivity index (χ2v) is 3.38. The van der Waals surface area contributed by atoms with Crippen molar-refractivity contribution in [3.05, 3.63) is 47.8 Å². The fourth-order valence-corrected chi connectivity index (χ4v) is 1.41. The van der Waals surface area contributed by atoms with E-state index in [0.717, 1.165) is 5.56 Å². The second-order valence-electron chi connectivity index (χ2n) is 3.38. The molecule has 0 spiro atoms. The lowest BCUT2D eigenvalue weighted by molar-refractivity contribution is 0.102. The van der Waals surface area contributed by atoms with Gasteiger partial charge < -0.3 is 4.57 Å². The first kappa shape index (κ1) is 9.58. The fraction of sp³-hybridized carbons (Fsp3) is 0.182. The number of pyridine rings is 1. The minimum absolute atomic E-state index is 0.0897. The van der Waals surface area contributed by atoms with Crippen molar-refractivity contribution in [1.29, 1.82) is 0 Å². The zero-order chi connectivity index (χ0) is 10.8. The van der Waals surface area contributed by atoms with Gasteiger partial charge in [0.25, 0.3) is 0 Å². The number of hydrogen-bond acceptors (Lipinski definition) is 3. The number of hydrogen-bond donors (Lipinski definition) is 0. The summed E-state index contributed by atoms with van der Waals surface area (Å²) in [5, 5.41) is 0. The highest BCUT2D eigenvalue weighted by atomic mass is 16.1. The van der Waals surface area contributed by atoms with Gasteiger partial charge in [0.15, 0.2) is 5.82 Å². The fourth-order valence-electron chi connectivity index (χ4n) is 1.41. The molecule has 0 saturated heterocycles. The van der Waals surface area contributed by atoms with Crippen molar-refractivity contribution in [3.63, 3.8) is 0 Å². The Morgan fingerprint density at radius 2 is 2.20 bits per heavy atom. The van der Waals surface area contributed by atoms with Gasteiger partial charge in [-0.25, -0.2) is 4.98 Å². The number of aryl methyl sites for hydroxylation is 2. The molecule has 0 aliphatic carbocycles. The molecule has 4 heteroatoms. The van der Waals surface area contributed by atoms with Crippen LogP contribution in [0.15, 0.2) is 30.9 Å². The normalized spacial score (nSPS) is 10.3. The zero-order valence-corrected chi connectivity index (χ0v) is 8.64. The van der Waals surface area contributed by atoms with Gasteiger partial charge in [-0.15, -0.1) is 0 Å². The molecule has 0 aliphatic rings. The van der Waals surface area contributed by atoms with Crippen LogP contribution in [0.1, 0.15) is 21.7 Å². The minimum Gasteiger partial charge on any atom is -0.331 e. The predicted molar refractivity (Wildman–Crippen MR) is 55.6 cm³/mol. The van der Waals surface area contributed by atoms with E-state index < -0.39 is 0 Å².